The number of hydrogen-bond donors (Lipinski definition) is 3. The molecule has 0 unspecified atom stereocenters. The van der Waals surface area contributed by atoms with Crippen molar-refractivity contribution in [2.45, 2.75) is 0 Å². The van der Waals surface area contributed by atoms with E-state index in [1.165, 1.54) is 0 Å². The van der Waals surface area contributed by atoms with E-state index in [0.717, 1.165) is 56.0 Å². The second-order valence-electron chi connectivity index (χ2n) is 8.70. The van der Waals surface area contributed by atoms with Gasteiger partial charge in [0.2, 0.25) is 0 Å². The molecule has 3 heterocycles. The van der Waals surface area contributed by atoms with Crippen LogP contribution in [0.3, 0.4) is 0 Å². The van der Waals surface area contributed by atoms with Crippen molar-refractivity contribution >= 4 is 44.7 Å². The Kier molecular flexibility index (Phi) is 5.24. The van der Waals surface area contributed by atoms with Crippen LogP contribution in [0.2, 0.25) is 0 Å². The van der Waals surface area contributed by atoms with Crippen LogP contribution in [0, 0.1) is 0 Å². The fourth-order valence-electron chi connectivity index (χ4n) is 5.00. The molecule has 0 fully saturated rings. The fraction of sp³-hybridized carbons (Fsp3) is 0.0345. The summed E-state index contributed by atoms with van der Waals surface area (Å²) in [6.07, 6.45) is 0. The Hall–Kier alpha value is -4.55. The Morgan fingerprint density at radius 2 is 0.833 bits per heavy atom. The average molecular weight is 492 g/mol. The van der Waals surface area contributed by atoms with Gasteiger partial charge < -0.3 is 31.9 Å². The van der Waals surface area contributed by atoms with Gasteiger partial charge in [-0.1, -0.05) is 60.7 Å². The standard InChI is InChI=1S/C29H24N6.ClH/c1-33-26-28(34(20-12-4-2-5-13-20)24-18-10-8-16-22(24)30-26)32-29-27(33)31-23-17-9-11-19-25(23)35(29)21-14-6-3-7-15-21;/h2-19,30-32H,1H3;1H/p-1. The van der Waals surface area contributed by atoms with Crippen molar-refractivity contribution in [3.05, 3.63) is 109 Å². The SMILES string of the molecule is Cn1c2[nH]c3ccccc3n(-c3ccccc3)c2[nH]c2c1[nH]c1ccccc1n2-c1ccccc1.[Cl-]. The molecular weight excluding hydrogens is 468 g/mol. The van der Waals surface area contributed by atoms with Gasteiger partial charge in [0.15, 0.2) is 22.6 Å². The molecule has 0 amide bonds. The van der Waals surface area contributed by atoms with Crippen LogP contribution in [-0.2, 0) is 7.05 Å². The summed E-state index contributed by atoms with van der Waals surface area (Å²) < 4.78 is 6.76. The highest BCUT2D eigenvalue weighted by molar-refractivity contribution is 5.93. The average Bonchev–Trinajstić information content (AvgIpc) is 2.92. The molecule has 0 saturated heterocycles. The number of H-pyrrole nitrogens is 3. The van der Waals surface area contributed by atoms with Gasteiger partial charge in [0, 0.05) is 18.4 Å². The first kappa shape index (κ1) is 21.9. The zero-order valence-corrected chi connectivity index (χ0v) is 20.4. The summed E-state index contributed by atoms with van der Waals surface area (Å²) in [4.78, 5) is 11.1. The van der Waals surface area contributed by atoms with Crippen LogP contribution in [0.15, 0.2) is 109 Å². The molecule has 0 atom stereocenters. The second-order valence-corrected chi connectivity index (χ2v) is 8.70. The van der Waals surface area contributed by atoms with E-state index in [4.69, 9.17) is 0 Å². The van der Waals surface area contributed by atoms with Crippen molar-refractivity contribution in [1.29, 1.82) is 0 Å². The van der Waals surface area contributed by atoms with Gasteiger partial charge >= 0.3 is 0 Å². The monoisotopic (exact) mass is 491 g/mol. The number of aromatic amines is 3. The molecule has 6 nitrogen and oxygen atoms in total. The largest absolute Gasteiger partial charge is 1.00 e. The van der Waals surface area contributed by atoms with E-state index in [2.05, 4.69) is 133 Å². The lowest BCUT2D eigenvalue weighted by Crippen LogP contribution is -3.00. The molecule has 3 N–H and O–H groups in total. The van der Waals surface area contributed by atoms with E-state index < -0.39 is 0 Å². The summed E-state index contributed by atoms with van der Waals surface area (Å²) in [6, 6.07) is 37.8. The van der Waals surface area contributed by atoms with Crippen LogP contribution in [-0.4, -0.2) is 28.7 Å². The van der Waals surface area contributed by atoms with E-state index in [1.54, 1.807) is 0 Å². The van der Waals surface area contributed by atoms with Gasteiger partial charge in [-0.25, -0.2) is 0 Å². The van der Waals surface area contributed by atoms with Crippen LogP contribution in [0.4, 0.5) is 0 Å². The van der Waals surface area contributed by atoms with Crippen molar-refractivity contribution in [1.82, 2.24) is 28.7 Å². The van der Waals surface area contributed by atoms with Gasteiger partial charge in [-0.3, -0.25) is 9.13 Å². The zero-order chi connectivity index (χ0) is 23.4. The molecule has 3 aromatic heterocycles. The summed E-state index contributed by atoms with van der Waals surface area (Å²) in [5.41, 5.74) is 10.4. The molecule has 7 aromatic rings. The molecule has 7 rings (SSSR count). The molecule has 0 aliphatic heterocycles. The number of aromatic nitrogens is 6. The highest BCUT2D eigenvalue weighted by atomic mass is 35.5. The van der Waals surface area contributed by atoms with Crippen LogP contribution in [0.5, 0.6) is 0 Å². The number of nitrogens with zero attached hydrogens (tertiary/aromatic N) is 3. The summed E-state index contributed by atoms with van der Waals surface area (Å²) >= 11 is 0. The highest BCUT2D eigenvalue weighted by Gasteiger charge is 2.16. The molecule has 4 aromatic carbocycles. The summed E-state index contributed by atoms with van der Waals surface area (Å²) in [6.45, 7) is 0. The van der Waals surface area contributed by atoms with Gasteiger partial charge in [0.1, 0.15) is 0 Å². The quantitative estimate of drug-likeness (QED) is 0.307. The number of para-hydroxylation sites is 6. The topological polar surface area (TPSA) is 62.2 Å². The number of nitrogens with one attached hydrogen (secondary N) is 3. The van der Waals surface area contributed by atoms with E-state index in [1.807, 2.05) is 12.1 Å². The summed E-state index contributed by atoms with van der Waals surface area (Å²) in [7, 11) is 2.10. The van der Waals surface area contributed by atoms with E-state index in [0.29, 0.717) is 0 Å². The third kappa shape index (κ3) is 3.26. The lowest BCUT2D eigenvalue weighted by atomic mass is 10.2. The predicted molar refractivity (Wildman–Crippen MR) is 144 cm³/mol. The van der Waals surface area contributed by atoms with Crippen LogP contribution < -0.4 is 12.4 Å². The number of halogens is 1. The van der Waals surface area contributed by atoms with Gasteiger partial charge in [-0.15, -0.1) is 0 Å². The zero-order valence-electron chi connectivity index (χ0n) is 19.6. The number of fused-ring (bicyclic) bond motifs is 4. The van der Waals surface area contributed by atoms with Crippen molar-refractivity contribution in [2.24, 2.45) is 7.05 Å². The number of rotatable bonds is 2. The lowest BCUT2D eigenvalue weighted by molar-refractivity contribution is -0.00000707. The van der Waals surface area contributed by atoms with E-state index in [-0.39, 0.29) is 12.4 Å². The Balaban J connectivity index is 0.00000240. The van der Waals surface area contributed by atoms with Crippen molar-refractivity contribution < 1.29 is 12.4 Å². The normalized spacial score (nSPS) is 11.2. The third-order valence-electron chi connectivity index (χ3n) is 6.63. The molecule has 0 radical (unpaired) electrons. The first-order valence-electron chi connectivity index (χ1n) is 11.7. The van der Waals surface area contributed by atoms with Crippen molar-refractivity contribution in [3.8, 4) is 11.4 Å². The van der Waals surface area contributed by atoms with Gasteiger partial charge in [-0.2, -0.15) is 0 Å². The molecule has 0 saturated carbocycles. The van der Waals surface area contributed by atoms with Crippen LogP contribution in [0.1, 0.15) is 0 Å². The number of benzene rings is 4. The molecule has 0 bridgehead atoms. The first-order chi connectivity index (χ1) is 17.3. The predicted octanol–water partition coefficient (Wildman–Crippen LogP) is 3.89. The lowest BCUT2D eigenvalue weighted by Gasteiger charge is -2.22. The molecule has 178 valence electrons. The highest BCUT2D eigenvalue weighted by Crippen LogP contribution is 2.28. The minimum absolute atomic E-state index is 0. The molecule has 0 aliphatic carbocycles. The Morgan fingerprint density at radius 1 is 0.444 bits per heavy atom. The fourth-order valence-corrected chi connectivity index (χ4v) is 5.00. The van der Waals surface area contributed by atoms with Gasteiger partial charge in [0.25, 0.3) is 0 Å². The minimum Gasteiger partial charge on any atom is -1.00 e. The molecule has 36 heavy (non-hydrogen) atoms. The minimum atomic E-state index is 0. The molecule has 0 aliphatic rings. The van der Waals surface area contributed by atoms with E-state index in [9.17, 15) is 0 Å². The summed E-state index contributed by atoms with van der Waals surface area (Å²) in [5.74, 6) is 0. The Labute approximate surface area is 213 Å². The second kappa shape index (κ2) is 8.59. The smallest absolute Gasteiger partial charge is 0.159 e. The Bertz CT molecular complexity index is 1770. The first-order valence-corrected chi connectivity index (χ1v) is 11.7. The maximum absolute atomic E-state index is 3.81. The van der Waals surface area contributed by atoms with Crippen LogP contribution in [0.25, 0.3) is 56.0 Å². The van der Waals surface area contributed by atoms with Crippen molar-refractivity contribution in [3.63, 3.8) is 0 Å². The molecule has 7 heteroatoms. The third-order valence-corrected chi connectivity index (χ3v) is 6.63. The number of hydrogen-bond acceptors (Lipinski definition) is 0. The Morgan fingerprint density at radius 3 is 1.28 bits per heavy atom. The molecular formula is C29H24ClN6-. The maximum Gasteiger partial charge on any atom is 0.159 e. The van der Waals surface area contributed by atoms with Gasteiger partial charge in [0.05, 0.1) is 22.1 Å². The van der Waals surface area contributed by atoms with Crippen molar-refractivity contribution in [2.75, 3.05) is 0 Å². The van der Waals surface area contributed by atoms with Crippen LogP contribution >= 0.6 is 0 Å². The summed E-state index contributed by atoms with van der Waals surface area (Å²) in [5, 5.41) is 0. The number of aryl methyl sites for hydroxylation is 1. The van der Waals surface area contributed by atoms with Gasteiger partial charge in [-0.05, 0) is 48.5 Å². The maximum atomic E-state index is 3.81. The van der Waals surface area contributed by atoms with E-state index >= 15 is 0 Å². The molecule has 0 spiro atoms.